The van der Waals surface area contributed by atoms with Crippen LogP contribution in [0.1, 0.15) is 24.1 Å². The highest BCUT2D eigenvalue weighted by Gasteiger charge is 2.20. The Morgan fingerprint density at radius 2 is 1.54 bits per heavy atom. The molecule has 0 heterocycles. The number of ether oxygens (including phenoxy) is 1. The summed E-state index contributed by atoms with van der Waals surface area (Å²) in [7, 11) is 0. The zero-order chi connectivity index (χ0) is 17.2. The third kappa shape index (κ3) is 5.70. The van der Waals surface area contributed by atoms with Gasteiger partial charge in [0.15, 0.2) is 0 Å². The molecule has 0 aliphatic heterocycles. The molecule has 2 aromatic rings. The van der Waals surface area contributed by atoms with Gasteiger partial charge >= 0.3 is 0 Å². The fraction of sp³-hybridized carbons (Fsp3) is 0.400. The molecule has 0 radical (unpaired) electrons. The van der Waals surface area contributed by atoms with Gasteiger partial charge < -0.3 is 4.74 Å². The summed E-state index contributed by atoms with van der Waals surface area (Å²) in [5.41, 5.74) is 2.57. The molecule has 0 spiro atoms. The largest absolute Gasteiger partial charge is 0.494 e. The van der Waals surface area contributed by atoms with Crippen molar-refractivity contribution in [3.05, 3.63) is 65.7 Å². The second-order valence-corrected chi connectivity index (χ2v) is 6.38. The number of halogens is 2. The van der Waals surface area contributed by atoms with E-state index in [1.54, 1.807) is 0 Å². The van der Waals surface area contributed by atoms with Gasteiger partial charge in [-0.25, -0.2) is 0 Å². The molecular formula is C20H25Cl2NO. The second kappa shape index (κ2) is 10.6. The van der Waals surface area contributed by atoms with Gasteiger partial charge in [0.1, 0.15) is 5.75 Å². The monoisotopic (exact) mass is 365 g/mol. The summed E-state index contributed by atoms with van der Waals surface area (Å²) in [5.74, 6) is 2.11. The zero-order valence-electron chi connectivity index (χ0n) is 14.1. The summed E-state index contributed by atoms with van der Waals surface area (Å²) in [6.45, 7) is 4.33. The zero-order valence-corrected chi connectivity index (χ0v) is 15.6. The highest BCUT2D eigenvalue weighted by molar-refractivity contribution is 6.18. The first kappa shape index (κ1) is 19.1. The van der Waals surface area contributed by atoms with E-state index in [4.69, 9.17) is 27.9 Å². The first-order valence-electron chi connectivity index (χ1n) is 8.41. The van der Waals surface area contributed by atoms with E-state index < -0.39 is 0 Å². The molecule has 0 N–H and O–H groups in total. The van der Waals surface area contributed by atoms with Crippen LogP contribution in [0.2, 0.25) is 0 Å². The lowest BCUT2D eigenvalue weighted by Crippen LogP contribution is -2.33. The van der Waals surface area contributed by atoms with Gasteiger partial charge in [0.2, 0.25) is 0 Å². The van der Waals surface area contributed by atoms with Crippen molar-refractivity contribution in [3.63, 3.8) is 0 Å². The van der Waals surface area contributed by atoms with Crippen LogP contribution in [0.25, 0.3) is 0 Å². The number of hydrogen-bond donors (Lipinski definition) is 0. The Labute approximate surface area is 155 Å². The van der Waals surface area contributed by atoms with Crippen molar-refractivity contribution in [1.82, 2.24) is 4.90 Å². The molecule has 0 amide bonds. The summed E-state index contributed by atoms with van der Waals surface area (Å²) in [5, 5.41) is 0. The molecule has 0 aliphatic carbocycles. The van der Waals surface area contributed by atoms with Crippen LogP contribution in [-0.4, -0.2) is 36.4 Å². The van der Waals surface area contributed by atoms with Gasteiger partial charge in [-0.05, 0) is 36.6 Å². The van der Waals surface area contributed by atoms with E-state index in [0.29, 0.717) is 18.4 Å². The van der Waals surface area contributed by atoms with Gasteiger partial charge in [0, 0.05) is 30.9 Å². The smallest absolute Gasteiger partial charge is 0.119 e. The van der Waals surface area contributed by atoms with Crippen LogP contribution in [0, 0.1) is 0 Å². The SMILES string of the molecule is CCOc1ccc(C[C@@H](c2ccccc2)N(CCCl)CCCl)cc1. The van der Waals surface area contributed by atoms with Crippen molar-refractivity contribution >= 4 is 23.2 Å². The highest BCUT2D eigenvalue weighted by atomic mass is 35.5. The maximum absolute atomic E-state index is 6.02. The van der Waals surface area contributed by atoms with Crippen molar-refractivity contribution in [2.45, 2.75) is 19.4 Å². The Morgan fingerprint density at radius 1 is 0.917 bits per heavy atom. The molecule has 0 bridgehead atoms. The Kier molecular flexibility index (Phi) is 8.44. The van der Waals surface area contributed by atoms with Gasteiger partial charge in [-0.15, -0.1) is 23.2 Å². The van der Waals surface area contributed by atoms with Crippen LogP contribution in [0.15, 0.2) is 54.6 Å². The van der Waals surface area contributed by atoms with E-state index in [-0.39, 0.29) is 6.04 Å². The van der Waals surface area contributed by atoms with Gasteiger partial charge in [-0.3, -0.25) is 4.90 Å². The summed E-state index contributed by atoms with van der Waals surface area (Å²) in [6.07, 6.45) is 0.921. The summed E-state index contributed by atoms with van der Waals surface area (Å²) >= 11 is 12.0. The predicted molar refractivity (Wildman–Crippen MR) is 104 cm³/mol. The summed E-state index contributed by atoms with van der Waals surface area (Å²) in [4.78, 5) is 2.37. The number of nitrogens with zero attached hydrogens (tertiary/aromatic N) is 1. The molecule has 1 atom stereocenters. The van der Waals surface area contributed by atoms with Gasteiger partial charge in [-0.1, -0.05) is 42.5 Å². The Hall–Kier alpha value is -1.22. The third-order valence-electron chi connectivity index (χ3n) is 4.03. The van der Waals surface area contributed by atoms with Gasteiger partial charge in [0.05, 0.1) is 6.61 Å². The quantitative estimate of drug-likeness (QED) is 0.539. The van der Waals surface area contributed by atoms with Crippen molar-refractivity contribution in [3.8, 4) is 5.75 Å². The first-order valence-corrected chi connectivity index (χ1v) is 9.48. The molecule has 0 saturated carbocycles. The third-order valence-corrected chi connectivity index (χ3v) is 4.37. The lowest BCUT2D eigenvalue weighted by molar-refractivity contribution is 0.220. The first-order chi connectivity index (χ1) is 11.8. The Morgan fingerprint density at radius 3 is 2.08 bits per heavy atom. The molecule has 0 aliphatic rings. The maximum atomic E-state index is 6.02. The topological polar surface area (TPSA) is 12.5 Å². The number of rotatable bonds is 10. The molecule has 2 rings (SSSR count). The molecule has 130 valence electrons. The van der Waals surface area contributed by atoms with Crippen LogP contribution in [0.5, 0.6) is 5.75 Å². The van der Waals surface area contributed by atoms with Gasteiger partial charge in [0.25, 0.3) is 0 Å². The molecule has 0 fully saturated rings. The summed E-state index contributed by atoms with van der Waals surface area (Å²) in [6, 6.07) is 19.2. The molecular weight excluding hydrogens is 341 g/mol. The van der Waals surface area contributed by atoms with Crippen molar-refractivity contribution in [1.29, 1.82) is 0 Å². The van der Waals surface area contributed by atoms with E-state index in [2.05, 4.69) is 41.3 Å². The van der Waals surface area contributed by atoms with Crippen LogP contribution in [-0.2, 0) is 6.42 Å². The lowest BCUT2D eigenvalue weighted by Gasteiger charge is -2.31. The molecule has 0 saturated heterocycles. The molecule has 2 aromatic carbocycles. The van der Waals surface area contributed by atoms with E-state index in [9.17, 15) is 0 Å². The highest BCUT2D eigenvalue weighted by Crippen LogP contribution is 2.26. The molecule has 0 aromatic heterocycles. The van der Waals surface area contributed by atoms with Crippen molar-refractivity contribution in [2.75, 3.05) is 31.5 Å². The van der Waals surface area contributed by atoms with Crippen molar-refractivity contribution in [2.24, 2.45) is 0 Å². The molecule has 2 nitrogen and oxygen atoms in total. The maximum Gasteiger partial charge on any atom is 0.119 e. The minimum atomic E-state index is 0.265. The van der Waals surface area contributed by atoms with Crippen LogP contribution in [0.4, 0.5) is 0 Å². The minimum Gasteiger partial charge on any atom is -0.494 e. The van der Waals surface area contributed by atoms with Crippen LogP contribution in [0.3, 0.4) is 0 Å². The fourth-order valence-electron chi connectivity index (χ4n) is 2.89. The van der Waals surface area contributed by atoms with E-state index in [1.807, 2.05) is 25.1 Å². The number of hydrogen-bond acceptors (Lipinski definition) is 2. The van der Waals surface area contributed by atoms with E-state index >= 15 is 0 Å². The normalized spacial score (nSPS) is 12.3. The summed E-state index contributed by atoms with van der Waals surface area (Å²) < 4.78 is 5.53. The van der Waals surface area contributed by atoms with Crippen molar-refractivity contribution < 1.29 is 4.74 Å². The molecule has 4 heteroatoms. The number of benzene rings is 2. The minimum absolute atomic E-state index is 0.265. The average molecular weight is 366 g/mol. The predicted octanol–water partition coefficient (Wildman–Crippen LogP) is 5.15. The standard InChI is InChI=1S/C20H25Cl2NO/c1-2-24-19-10-8-17(9-11-19)16-20(18-6-4-3-5-7-18)23(14-12-21)15-13-22/h3-11,20H,2,12-16H2,1H3/t20-/m0/s1. The Bertz CT molecular complexity index is 568. The van der Waals surface area contributed by atoms with Crippen LogP contribution >= 0.6 is 23.2 Å². The Balaban J connectivity index is 2.21. The molecule has 0 unspecified atom stereocenters. The van der Waals surface area contributed by atoms with E-state index in [1.165, 1.54) is 11.1 Å². The average Bonchev–Trinajstić information content (AvgIpc) is 2.62. The lowest BCUT2D eigenvalue weighted by atomic mass is 9.97. The number of alkyl halides is 2. The second-order valence-electron chi connectivity index (χ2n) is 5.62. The fourth-order valence-corrected chi connectivity index (χ4v) is 3.32. The van der Waals surface area contributed by atoms with E-state index in [0.717, 1.165) is 25.3 Å². The van der Waals surface area contributed by atoms with Gasteiger partial charge in [-0.2, -0.15) is 0 Å². The van der Waals surface area contributed by atoms with Crippen LogP contribution < -0.4 is 4.74 Å². The molecule has 24 heavy (non-hydrogen) atoms.